The molecule has 4 aliphatic heterocycles. The van der Waals surface area contributed by atoms with Crippen LogP contribution < -0.4 is 21.9 Å². The molecule has 2 aromatic rings. The van der Waals surface area contributed by atoms with Crippen molar-refractivity contribution in [3.8, 4) is 82.2 Å². The van der Waals surface area contributed by atoms with E-state index in [0.717, 1.165) is 41.8 Å². The maximum Gasteiger partial charge on any atom is 0.174 e. The largest absolute Gasteiger partial charge is 1.00 e. The first-order valence-electron chi connectivity index (χ1n) is 22.2. The number of ketones is 2. The summed E-state index contributed by atoms with van der Waals surface area (Å²) in [6, 6.07) is 6.69. The van der Waals surface area contributed by atoms with Gasteiger partial charge in [0.25, 0.3) is 0 Å². The molecule has 9 atom stereocenters. The molecule has 5 N–H and O–H groups in total. The smallest absolute Gasteiger partial charge is 0.174 e. The van der Waals surface area contributed by atoms with Gasteiger partial charge in [0.05, 0.1) is 16.4 Å². The topological polar surface area (TPSA) is 157 Å². The molecule has 1 unspecified atom stereocenters. The van der Waals surface area contributed by atoms with Crippen molar-refractivity contribution in [1.29, 1.82) is 0 Å². The molecule has 8 aliphatic rings. The standard InChI is InChI=1S/C20H25NO5.C20H25NO4.C12H6.2CH4.ClH/c1-11(2)10-21(25)8-7-19-16-12-3-4-13(22)17(16)26-18(19)14(23)5-6-20(19,24)15(21)9-12;1-11(2)10-21-8-7-19-16-12-3-4-13(22)17(16)25-18(19)14(23)5-6-20(19,24)15(21)9-12;1-3-5-7-9-11-12-10-8-6-4-2;;;/h3-4,11,15,18,24-25H,5-10H2,1-2H3;3-4,11,15,18,22,24H,5-10H2,1-2H3;1-2H3;2*1H4;1H/t15-,18+,19+,20-,21?;15-,18+,19+,20-;;;;/m11..../s1. The maximum atomic E-state index is 12.7. The monoisotopic (exact) mass is 920 g/mol. The van der Waals surface area contributed by atoms with Gasteiger partial charge in [0.15, 0.2) is 52.8 Å². The van der Waals surface area contributed by atoms with Crippen molar-refractivity contribution in [2.75, 3.05) is 26.2 Å². The fraction of sp³-hybridized carbons (Fsp3) is 0.556. The van der Waals surface area contributed by atoms with Crippen molar-refractivity contribution in [2.45, 2.75) is 154 Å². The lowest BCUT2D eigenvalue weighted by Gasteiger charge is -2.62. The Bertz CT molecular complexity index is 2550. The number of phenolic OH excluding ortho intramolecular Hbond substituents is 2. The number of aromatic hydroxyl groups is 2. The number of benzene rings is 2. The van der Waals surface area contributed by atoms with E-state index in [0.29, 0.717) is 69.0 Å². The van der Waals surface area contributed by atoms with Crippen LogP contribution in [0, 0.1) is 71.0 Å². The molecular weight excluding hydrogens is 856 g/mol. The number of carbonyl (C=O) groups excluding carboxylic acids is 2. The average Bonchev–Trinajstić information content (AvgIpc) is 3.79. The Balaban J connectivity index is 0.000000194. The second kappa shape index (κ2) is 19.2. The van der Waals surface area contributed by atoms with Crippen LogP contribution in [0.5, 0.6) is 23.0 Å². The van der Waals surface area contributed by atoms with Gasteiger partial charge in [-0.3, -0.25) is 14.5 Å². The van der Waals surface area contributed by atoms with Crippen molar-refractivity contribution in [3.63, 3.8) is 0 Å². The molecule has 11 nitrogen and oxygen atoms in total. The number of hydrogen-bond acceptors (Lipinski definition) is 10. The number of hydroxylamine groups is 3. The number of hydrogen-bond donors (Lipinski definition) is 5. The SMILES string of the molecule is C.C.CC#CC#CC#CC#CC#CC.CC(C)CN1CC[C@]23c4c5ccc(O)c4O[C@H]2C(=O)CC[C@@]3(O)[C@H]1C5.CC(C)C[N+]1(O)CC[C@]23c4c5ccc(O)c4O[C@H]2C(=O)CC[C@@]3(O)[C@H]1C5.[Cl-]. The normalized spacial score (nSPS) is 32.1. The number of aliphatic hydroxyl groups is 2. The summed E-state index contributed by atoms with van der Waals surface area (Å²) in [5, 5.41) is 56.1. The maximum absolute atomic E-state index is 12.7. The van der Waals surface area contributed by atoms with Crippen LogP contribution in [0.15, 0.2) is 24.3 Å². The second-order valence-electron chi connectivity index (χ2n) is 19.2. The summed E-state index contributed by atoms with van der Waals surface area (Å²) in [7, 11) is 0. The lowest BCUT2D eigenvalue weighted by molar-refractivity contribution is -1.13. The van der Waals surface area contributed by atoms with Gasteiger partial charge in [-0.25, -0.2) is 5.21 Å². The zero-order valence-corrected chi connectivity index (χ0v) is 38.2. The summed E-state index contributed by atoms with van der Waals surface area (Å²) in [5.74, 6) is 27.3. The third-order valence-electron chi connectivity index (χ3n) is 14.9. The zero-order chi connectivity index (χ0) is 45.1. The van der Waals surface area contributed by atoms with Crippen molar-refractivity contribution < 1.29 is 61.7 Å². The van der Waals surface area contributed by atoms with E-state index in [2.05, 4.69) is 91.8 Å². The first kappa shape index (κ1) is 51.8. The predicted octanol–water partition coefficient (Wildman–Crippen LogP) is 2.77. The third-order valence-corrected chi connectivity index (χ3v) is 14.9. The molecule has 66 heavy (non-hydrogen) atoms. The minimum absolute atomic E-state index is 0. The molecule has 10 rings (SSSR count). The van der Waals surface area contributed by atoms with Gasteiger partial charge < -0.3 is 42.3 Å². The van der Waals surface area contributed by atoms with Crippen LogP contribution in [-0.2, 0) is 33.3 Å². The zero-order valence-electron chi connectivity index (χ0n) is 37.4. The number of nitrogens with zero attached hydrogens (tertiary/aromatic N) is 2. The van der Waals surface area contributed by atoms with E-state index in [9.17, 15) is 35.2 Å². The van der Waals surface area contributed by atoms with E-state index in [1.165, 1.54) is 0 Å². The number of halogens is 1. The van der Waals surface area contributed by atoms with Crippen LogP contribution in [0.1, 0.15) is 117 Å². The third kappa shape index (κ3) is 7.71. The minimum atomic E-state index is -1.21. The summed E-state index contributed by atoms with van der Waals surface area (Å²) >= 11 is 0. The highest BCUT2D eigenvalue weighted by Gasteiger charge is 2.78. The Labute approximate surface area is 397 Å². The van der Waals surface area contributed by atoms with Crippen LogP contribution in [-0.4, -0.2) is 108 Å². The number of carbonyl (C=O) groups is 2. The molecule has 2 saturated heterocycles. The Morgan fingerprint density at radius 3 is 1.65 bits per heavy atom. The molecule has 4 aliphatic carbocycles. The number of Topliss-reactive ketones (excluding diaryl/α,β-unsaturated/α-hetero) is 2. The summed E-state index contributed by atoms with van der Waals surface area (Å²) in [6.07, 6.45) is 2.44. The van der Waals surface area contributed by atoms with Crippen LogP contribution in [0.2, 0.25) is 0 Å². The highest BCUT2D eigenvalue weighted by Crippen LogP contribution is 2.67. The Hall–Kier alpha value is -5.13. The number of quaternary nitrogens is 1. The van der Waals surface area contributed by atoms with Gasteiger partial charge in [-0.1, -0.05) is 66.5 Å². The van der Waals surface area contributed by atoms with Crippen LogP contribution >= 0.6 is 0 Å². The number of piperidine rings is 2. The first-order valence-corrected chi connectivity index (χ1v) is 22.2. The van der Waals surface area contributed by atoms with E-state index >= 15 is 0 Å². The Morgan fingerprint density at radius 2 is 1.17 bits per heavy atom. The van der Waals surface area contributed by atoms with Crippen molar-refractivity contribution in [2.24, 2.45) is 11.8 Å². The first-order chi connectivity index (χ1) is 30.0. The summed E-state index contributed by atoms with van der Waals surface area (Å²) in [5.41, 5.74) is 0.0964. The molecule has 4 fully saturated rings. The number of ether oxygens (including phenoxy) is 2. The summed E-state index contributed by atoms with van der Waals surface area (Å²) < 4.78 is 11.9. The van der Waals surface area contributed by atoms with E-state index in [1.807, 2.05) is 12.1 Å². The van der Waals surface area contributed by atoms with Gasteiger partial charge in [-0.2, -0.15) is 4.65 Å². The average molecular weight is 922 g/mol. The fourth-order valence-corrected chi connectivity index (χ4v) is 12.9. The van der Waals surface area contributed by atoms with E-state index in [1.54, 1.807) is 26.0 Å². The molecule has 2 aromatic carbocycles. The van der Waals surface area contributed by atoms with Crippen LogP contribution in [0.3, 0.4) is 0 Å². The Kier molecular flexibility index (Phi) is 15.1. The van der Waals surface area contributed by atoms with Gasteiger partial charge in [0.2, 0.25) is 0 Å². The lowest BCUT2D eigenvalue weighted by atomic mass is 9.48. The van der Waals surface area contributed by atoms with Gasteiger partial charge >= 0.3 is 0 Å². The van der Waals surface area contributed by atoms with E-state index in [-0.39, 0.29) is 79.4 Å². The fourth-order valence-electron chi connectivity index (χ4n) is 12.9. The van der Waals surface area contributed by atoms with Crippen molar-refractivity contribution >= 4 is 11.6 Å². The highest BCUT2D eigenvalue weighted by atomic mass is 35.5. The second-order valence-corrected chi connectivity index (χ2v) is 19.2. The number of likely N-dealkylation sites (tertiary alicyclic amines) is 2. The predicted molar refractivity (Wildman–Crippen MR) is 248 cm³/mol. The molecule has 2 saturated carbocycles. The quantitative estimate of drug-likeness (QED) is 0.229. The van der Waals surface area contributed by atoms with E-state index in [4.69, 9.17) is 9.47 Å². The van der Waals surface area contributed by atoms with Gasteiger partial charge in [0.1, 0.15) is 18.7 Å². The molecule has 12 heteroatoms. The highest BCUT2D eigenvalue weighted by molar-refractivity contribution is 5.91. The van der Waals surface area contributed by atoms with Crippen molar-refractivity contribution in [3.05, 3.63) is 46.5 Å². The molecule has 0 amide bonds. The van der Waals surface area contributed by atoms with Gasteiger partial charge in [0, 0.05) is 55.3 Å². The van der Waals surface area contributed by atoms with Crippen LogP contribution in [0.25, 0.3) is 0 Å². The van der Waals surface area contributed by atoms with Crippen LogP contribution in [0.4, 0.5) is 0 Å². The van der Waals surface area contributed by atoms with Gasteiger partial charge in [-0.05, 0) is 123 Å². The summed E-state index contributed by atoms with van der Waals surface area (Å²) in [6.45, 7) is 14.8. The van der Waals surface area contributed by atoms with E-state index < -0.39 is 34.2 Å². The minimum Gasteiger partial charge on any atom is -1.00 e. The molecule has 352 valence electrons. The molecular formula is C54H65ClN2O9. The molecule has 2 spiro atoms. The summed E-state index contributed by atoms with van der Waals surface area (Å²) in [4.78, 5) is 27.8. The molecule has 0 aromatic heterocycles. The molecule has 4 bridgehead atoms. The Morgan fingerprint density at radius 1 is 0.697 bits per heavy atom. The number of phenols is 2. The molecule has 0 radical (unpaired) electrons. The number of rotatable bonds is 4. The van der Waals surface area contributed by atoms with Crippen molar-refractivity contribution in [1.82, 2.24) is 4.90 Å². The molecule has 4 heterocycles. The van der Waals surface area contributed by atoms with Gasteiger partial charge in [-0.15, -0.1) is 0 Å². The lowest BCUT2D eigenvalue weighted by Crippen LogP contribution is -3.00.